The molecule has 11 heteroatoms. The van der Waals surface area contributed by atoms with Crippen molar-refractivity contribution in [1.82, 2.24) is 30.0 Å². The SMILES string of the molecule is CCN(CCl)Cc1nnc(-c2ccc(F)cc2OC)n1-c1csc(C(=O)NC(C)C)n1. The monoisotopic (exact) mass is 466 g/mol. The third-order valence-electron chi connectivity index (χ3n) is 4.45. The van der Waals surface area contributed by atoms with E-state index in [2.05, 4.69) is 20.5 Å². The van der Waals surface area contributed by atoms with Crippen molar-refractivity contribution in [2.24, 2.45) is 0 Å². The molecule has 3 rings (SSSR count). The van der Waals surface area contributed by atoms with Crippen LogP contribution in [0.5, 0.6) is 5.75 Å². The lowest BCUT2D eigenvalue weighted by atomic mass is 10.2. The molecule has 0 unspecified atom stereocenters. The maximum absolute atomic E-state index is 13.7. The molecular formula is C20H24ClFN6O2S. The molecule has 0 saturated carbocycles. The second-order valence-corrected chi connectivity index (χ2v) is 8.12. The maximum Gasteiger partial charge on any atom is 0.280 e. The maximum atomic E-state index is 13.7. The zero-order valence-electron chi connectivity index (χ0n) is 17.7. The van der Waals surface area contributed by atoms with E-state index in [0.717, 1.165) is 0 Å². The van der Waals surface area contributed by atoms with Gasteiger partial charge < -0.3 is 10.1 Å². The lowest BCUT2D eigenvalue weighted by Gasteiger charge is -2.17. The van der Waals surface area contributed by atoms with Crippen LogP contribution in [0.1, 0.15) is 36.4 Å². The van der Waals surface area contributed by atoms with Gasteiger partial charge in [0.25, 0.3) is 5.91 Å². The number of carbonyl (C=O) groups is 1. The zero-order valence-corrected chi connectivity index (χ0v) is 19.3. The van der Waals surface area contributed by atoms with Gasteiger partial charge in [-0.1, -0.05) is 6.92 Å². The summed E-state index contributed by atoms with van der Waals surface area (Å²) in [6, 6.07) is 4.50. The fraction of sp³-hybridized carbons (Fsp3) is 0.400. The molecule has 0 spiro atoms. The van der Waals surface area contributed by atoms with Crippen molar-refractivity contribution in [2.45, 2.75) is 33.4 Å². The van der Waals surface area contributed by atoms with Gasteiger partial charge in [-0.3, -0.25) is 14.3 Å². The summed E-state index contributed by atoms with van der Waals surface area (Å²) < 4.78 is 20.8. The van der Waals surface area contributed by atoms with Gasteiger partial charge in [0.05, 0.1) is 25.2 Å². The van der Waals surface area contributed by atoms with Gasteiger partial charge in [0.2, 0.25) is 0 Å². The zero-order chi connectivity index (χ0) is 22.5. The van der Waals surface area contributed by atoms with Crippen LogP contribution in [0.25, 0.3) is 17.2 Å². The van der Waals surface area contributed by atoms with Crippen LogP contribution in [0.3, 0.4) is 0 Å². The van der Waals surface area contributed by atoms with Crippen LogP contribution in [0, 0.1) is 5.82 Å². The Labute approximate surface area is 189 Å². The summed E-state index contributed by atoms with van der Waals surface area (Å²) in [5, 5.41) is 13.6. The lowest BCUT2D eigenvalue weighted by Crippen LogP contribution is -2.30. The molecule has 0 atom stereocenters. The van der Waals surface area contributed by atoms with E-state index >= 15 is 0 Å². The minimum absolute atomic E-state index is 0.00815. The molecule has 0 saturated heterocycles. The highest BCUT2D eigenvalue weighted by atomic mass is 35.5. The number of carbonyl (C=O) groups excluding carboxylic acids is 1. The van der Waals surface area contributed by atoms with E-state index in [1.165, 1.54) is 30.6 Å². The van der Waals surface area contributed by atoms with Crippen molar-refractivity contribution < 1.29 is 13.9 Å². The van der Waals surface area contributed by atoms with Gasteiger partial charge in [-0.15, -0.1) is 33.1 Å². The number of alkyl halides is 1. The van der Waals surface area contributed by atoms with Crippen molar-refractivity contribution in [3.8, 4) is 23.0 Å². The minimum atomic E-state index is -0.424. The third-order valence-corrected chi connectivity index (χ3v) is 5.62. The van der Waals surface area contributed by atoms with Gasteiger partial charge in [-0.05, 0) is 32.5 Å². The van der Waals surface area contributed by atoms with Crippen LogP contribution < -0.4 is 10.1 Å². The summed E-state index contributed by atoms with van der Waals surface area (Å²) in [4.78, 5) is 18.9. The number of halogens is 2. The summed E-state index contributed by atoms with van der Waals surface area (Å²) in [6.07, 6.45) is 0. The van der Waals surface area contributed by atoms with Crippen molar-refractivity contribution in [3.63, 3.8) is 0 Å². The summed E-state index contributed by atoms with van der Waals surface area (Å²) >= 11 is 7.26. The van der Waals surface area contributed by atoms with E-state index in [4.69, 9.17) is 16.3 Å². The number of thiazole rings is 1. The molecule has 8 nitrogen and oxygen atoms in total. The van der Waals surface area contributed by atoms with Crippen LogP contribution >= 0.6 is 22.9 Å². The number of hydrogen-bond donors (Lipinski definition) is 1. The molecule has 1 aromatic carbocycles. The molecule has 0 bridgehead atoms. The number of amides is 1. The predicted octanol–water partition coefficient (Wildman–Crippen LogP) is 3.69. The second-order valence-electron chi connectivity index (χ2n) is 7.02. The van der Waals surface area contributed by atoms with Crippen LogP contribution in [0.2, 0.25) is 0 Å². The Balaban J connectivity index is 2.12. The predicted molar refractivity (Wildman–Crippen MR) is 118 cm³/mol. The first-order valence-corrected chi connectivity index (χ1v) is 11.1. The van der Waals surface area contributed by atoms with Crippen molar-refractivity contribution in [3.05, 3.63) is 40.2 Å². The molecule has 0 fully saturated rings. The Morgan fingerprint density at radius 2 is 2.16 bits per heavy atom. The molecule has 1 N–H and O–H groups in total. The summed E-state index contributed by atoms with van der Waals surface area (Å²) in [5.74, 6) is 1.15. The Bertz CT molecular complexity index is 1050. The molecule has 2 heterocycles. The molecule has 0 aliphatic rings. The topological polar surface area (TPSA) is 85.2 Å². The van der Waals surface area contributed by atoms with E-state index in [1.54, 1.807) is 16.0 Å². The molecular weight excluding hydrogens is 443 g/mol. The third kappa shape index (κ3) is 5.20. The number of rotatable bonds is 9. The summed E-state index contributed by atoms with van der Waals surface area (Å²) in [5.41, 5.74) is 0.553. The lowest BCUT2D eigenvalue weighted by molar-refractivity contribution is 0.0942. The standard InChI is InChI=1S/C20H24ClFN6O2S/c1-5-27(11-21)9-16-25-26-18(14-7-6-13(22)8-15(14)30-4)28(16)17-10-31-20(24-17)19(29)23-12(2)3/h6-8,10,12H,5,9,11H2,1-4H3,(H,23,29). The molecule has 166 valence electrons. The van der Waals surface area contributed by atoms with E-state index < -0.39 is 5.82 Å². The Kier molecular flexibility index (Phi) is 7.58. The first-order valence-electron chi connectivity index (χ1n) is 9.71. The first-order chi connectivity index (χ1) is 14.9. The van der Waals surface area contributed by atoms with Gasteiger partial charge in [0, 0.05) is 17.5 Å². The van der Waals surface area contributed by atoms with Crippen LogP contribution in [-0.2, 0) is 6.54 Å². The number of aromatic nitrogens is 4. The number of nitrogens with one attached hydrogen (secondary N) is 1. The van der Waals surface area contributed by atoms with E-state index in [-0.39, 0.29) is 11.9 Å². The fourth-order valence-corrected chi connectivity index (χ4v) is 3.86. The molecule has 0 radical (unpaired) electrons. The van der Waals surface area contributed by atoms with E-state index in [9.17, 15) is 9.18 Å². The van der Waals surface area contributed by atoms with Gasteiger partial charge >= 0.3 is 0 Å². The number of nitrogens with zero attached hydrogens (tertiary/aromatic N) is 5. The molecule has 0 aliphatic carbocycles. The molecule has 0 aliphatic heterocycles. The van der Waals surface area contributed by atoms with Crippen LogP contribution in [0.15, 0.2) is 23.6 Å². The molecule has 2 aromatic heterocycles. The molecule has 1 amide bonds. The average molecular weight is 467 g/mol. The Morgan fingerprint density at radius 1 is 1.39 bits per heavy atom. The number of methoxy groups -OCH3 is 1. The van der Waals surface area contributed by atoms with Crippen LogP contribution in [0.4, 0.5) is 4.39 Å². The largest absolute Gasteiger partial charge is 0.496 e. The quantitative estimate of drug-likeness (QED) is 0.382. The minimum Gasteiger partial charge on any atom is -0.496 e. The highest BCUT2D eigenvalue weighted by molar-refractivity contribution is 7.11. The van der Waals surface area contributed by atoms with Gasteiger partial charge in [0.1, 0.15) is 11.6 Å². The van der Waals surface area contributed by atoms with E-state index in [0.29, 0.717) is 52.9 Å². The highest BCUT2D eigenvalue weighted by Gasteiger charge is 2.23. The molecule has 3 aromatic rings. The normalized spacial score (nSPS) is 11.4. The van der Waals surface area contributed by atoms with Gasteiger partial charge in [-0.25, -0.2) is 9.37 Å². The first kappa shape index (κ1) is 23.1. The number of ether oxygens (including phenoxy) is 1. The van der Waals surface area contributed by atoms with Crippen molar-refractivity contribution in [1.29, 1.82) is 0 Å². The smallest absolute Gasteiger partial charge is 0.280 e. The summed E-state index contributed by atoms with van der Waals surface area (Å²) in [7, 11) is 1.46. The Hall–Kier alpha value is -2.56. The van der Waals surface area contributed by atoms with Crippen molar-refractivity contribution in [2.75, 3.05) is 19.7 Å². The second kappa shape index (κ2) is 10.2. The summed E-state index contributed by atoms with van der Waals surface area (Å²) in [6.45, 7) is 6.89. The van der Waals surface area contributed by atoms with Gasteiger partial charge in [-0.2, -0.15) is 0 Å². The van der Waals surface area contributed by atoms with Crippen molar-refractivity contribution >= 4 is 28.8 Å². The Morgan fingerprint density at radius 3 is 2.81 bits per heavy atom. The number of hydrogen-bond acceptors (Lipinski definition) is 7. The highest BCUT2D eigenvalue weighted by Crippen LogP contribution is 2.32. The molecule has 31 heavy (non-hydrogen) atoms. The van der Waals surface area contributed by atoms with E-state index in [1.807, 2.05) is 25.7 Å². The fourth-order valence-electron chi connectivity index (χ4n) is 2.92. The number of benzene rings is 1. The van der Waals surface area contributed by atoms with Gasteiger partial charge in [0.15, 0.2) is 22.5 Å². The van der Waals surface area contributed by atoms with Crippen LogP contribution in [-0.4, -0.2) is 56.3 Å². The average Bonchev–Trinajstić information content (AvgIpc) is 3.38.